The molecule has 0 saturated carbocycles. The van der Waals surface area contributed by atoms with Gasteiger partial charge in [-0.3, -0.25) is 4.57 Å². The van der Waals surface area contributed by atoms with Crippen LogP contribution in [0.4, 0.5) is 5.69 Å². The number of rotatable bonds is 8. The molecule has 0 spiro atoms. The van der Waals surface area contributed by atoms with Crippen LogP contribution in [0, 0.1) is 11.3 Å². The number of nitrogens with one attached hydrogen (secondary N) is 1. The summed E-state index contributed by atoms with van der Waals surface area (Å²) >= 11 is 0. The molecule has 0 amide bonds. The lowest BCUT2D eigenvalue weighted by Crippen LogP contribution is -2.44. The number of anilines is 1. The van der Waals surface area contributed by atoms with Crippen molar-refractivity contribution < 1.29 is 13.2 Å². The van der Waals surface area contributed by atoms with Crippen LogP contribution in [0.3, 0.4) is 0 Å². The molecule has 1 aliphatic heterocycles. The summed E-state index contributed by atoms with van der Waals surface area (Å²) in [5.74, 6) is 1.08. The van der Waals surface area contributed by atoms with Crippen molar-refractivity contribution in [1.29, 1.82) is 5.26 Å². The van der Waals surface area contributed by atoms with E-state index in [2.05, 4.69) is 37.8 Å². The Kier molecular flexibility index (Phi) is 7.35. The lowest BCUT2D eigenvalue weighted by atomic mass is 10.2. The predicted octanol–water partition coefficient (Wildman–Crippen LogP) is 2.75. The monoisotopic (exact) mass is 495 g/mol. The van der Waals surface area contributed by atoms with Crippen LogP contribution in [-0.2, 0) is 16.6 Å². The summed E-state index contributed by atoms with van der Waals surface area (Å²) in [6.07, 6.45) is 0. The van der Waals surface area contributed by atoms with Gasteiger partial charge in [-0.2, -0.15) is 5.26 Å². The van der Waals surface area contributed by atoms with E-state index >= 15 is 0 Å². The van der Waals surface area contributed by atoms with Gasteiger partial charge in [0, 0.05) is 44.5 Å². The van der Waals surface area contributed by atoms with Crippen molar-refractivity contribution in [2.24, 2.45) is 0 Å². The number of sulfonamides is 1. The van der Waals surface area contributed by atoms with E-state index in [0.29, 0.717) is 29.7 Å². The van der Waals surface area contributed by atoms with E-state index in [1.54, 1.807) is 11.5 Å². The Balaban J connectivity index is 1.50. The van der Waals surface area contributed by atoms with Gasteiger partial charge < -0.3 is 14.5 Å². The number of benzene rings is 2. The second kappa shape index (κ2) is 10.4. The first-order valence-electron chi connectivity index (χ1n) is 11.5. The minimum absolute atomic E-state index is 0.0723. The van der Waals surface area contributed by atoms with Crippen LogP contribution in [-0.4, -0.2) is 61.3 Å². The number of piperazine rings is 1. The highest BCUT2D eigenvalue weighted by atomic mass is 32.2. The molecule has 0 aliphatic carbocycles. The zero-order chi connectivity index (χ0) is 25.0. The highest BCUT2D eigenvalue weighted by molar-refractivity contribution is 7.89. The topological polar surface area (TPSA) is 116 Å². The van der Waals surface area contributed by atoms with Gasteiger partial charge in [0.1, 0.15) is 5.75 Å². The highest BCUT2D eigenvalue weighted by Crippen LogP contribution is 2.27. The van der Waals surface area contributed by atoms with Gasteiger partial charge in [0.15, 0.2) is 5.82 Å². The number of aromatic nitrogens is 3. The first-order valence-corrected chi connectivity index (χ1v) is 13.0. The molecule has 11 heteroatoms. The highest BCUT2D eigenvalue weighted by Gasteiger charge is 2.24. The Hall–Kier alpha value is -3.46. The largest absolute Gasteiger partial charge is 0.424 e. The summed E-state index contributed by atoms with van der Waals surface area (Å²) in [4.78, 5) is 4.70. The molecule has 0 unspecified atom stereocenters. The summed E-state index contributed by atoms with van der Waals surface area (Å²) in [5.41, 5.74) is 1.48. The van der Waals surface area contributed by atoms with Crippen LogP contribution in [0.2, 0.25) is 0 Å². The Morgan fingerprint density at radius 3 is 2.49 bits per heavy atom. The Morgan fingerprint density at radius 1 is 1.11 bits per heavy atom. The number of ether oxygens (including phenoxy) is 1. The lowest BCUT2D eigenvalue weighted by molar-refractivity contribution is 0.312. The number of nitrogens with zero attached hydrogens (tertiary/aromatic N) is 6. The van der Waals surface area contributed by atoms with Gasteiger partial charge in [-0.05, 0) is 57.3 Å². The van der Waals surface area contributed by atoms with E-state index in [0.717, 1.165) is 31.9 Å². The minimum atomic E-state index is -3.82. The fourth-order valence-corrected chi connectivity index (χ4v) is 5.17. The molecule has 0 radical (unpaired) electrons. The van der Waals surface area contributed by atoms with Crippen molar-refractivity contribution in [3.63, 3.8) is 0 Å². The molecular formula is C24H29N7O3S. The Morgan fingerprint density at radius 2 is 1.83 bits per heavy atom. The van der Waals surface area contributed by atoms with E-state index < -0.39 is 16.1 Å². The first kappa shape index (κ1) is 24.7. The van der Waals surface area contributed by atoms with E-state index in [9.17, 15) is 8.42 Å². The molecule has 1 atom stereocenters. The third-order valence-corrected chi connectivity index (χ3v) is 7.53. The summed E-state index contributed by atoms with van der Waals surface area (Å²) < 4.78 is 36.1. The zero-order valence-corrected chi connectivity index (χ0v) is 20.9. The van der Waals surface area contributed by atoms with E-state index in [4.69, 9.17) is 10.00 Å². The fraction of sp³-hybridized carbons (Fsp3) is 0.375. The third kappa shape index (κ3) is 5.62. The fourth-order valence-electron chi connectivity index (χ4n) is 3.97. The molecule has 10 nitrogen and oxygen atoms in total. The smallest absolute Gasteiger partial charge is 0.322 e. The first-order chi connectivity index (χ1) is 16.8. The Labute approximate surface area is 205 Å². The third-order valence-electron chi connectivity index (χ3n) is 5.97. The second-order valence-electron chi connectivity index (χ2n) is 8.45. The summed E-state index contributed by atoms with van der Waals surface area (Å²) in [6, 6.07) is 15.2. The maximum absolute atomic E-state index is 12.8. The molecule has 1 fully saturated rings. The molecule has 35 heavy (non-hydrogen) atoms. The van der Waals surface area contributed by atoms with Gasteiger partial charge in [0.25, 0.3) is 0 Å². The van der Waals surface area contributed by atoms with Crippen molar-refractivity contribution in [1.82, 2.24) is 24.4 Å². The van der Waals surface area contributed by atoms with Crippen molar-refractivity contribution in [2.45, 2.75) is 31.3 Å². The van der Waals surface area contributed by atoms with Gasteiger partial charge in [0.05, 0.1) is 22.6 Å². The SMILES string of the molecule is CCn1c(Oc2cccc(N3CCN(C)CC3)c2)nnc1[C@@H](C)NS(=O)(=O)c1ccc(C#N)cc1. The van der Waals surface area contributed by atoms with Crippen molar-refractivity contribution in [2.75, 3.05) is 38.1 Å². The molecule has 0 bridgehead atoms. The molecule has 1 saturated heterocycles. The average molecular weight is 496 g/mol. The van der Waals surface area contributed by atoms with Gasteiger partial charge in [-0.1, -0.05) is 11.2 Å². The summed E-state index contributed by atoms with van der Waals surface area (Å²) in [6.45, 7) is 8.04. The molecule has 4 rings (SSSR count). The van der Waals surface area contributed by atoms with Crippen molar-refractivity contribution in [3.8, 4) is 17.8 Å². The normalized spacial score (nSPS) is 15.5. The Bertz CT molecular complexity index is 1310. The van der Waals surface area contributed by atoms with E-state index in [-0.39, 0.29) is 4.90 Å². The van der Waals surface area contributed by atoms with Gasteiger partial charge >= 0.3 is 6.01 Å². The minimum Gasteiger partial charge on any atom is -0.424 e. The van der Waals surface area contributed by atoms with Crippen LogP contribution in [0.25, 0.3) is 0 Å². The predicted molar refractivity (Wildman–Crippen MR) is 132 cm³/mol. The number of likely N-dealkylation sites (N-methyl/N-ethyl adjacent to an activating group) is 1. The maximum atomic E-state index is 12.8. The van der Waals surface area contributed by atoms with E-state index in [1.165, 1.54) is 24.3 Å². The molecule has 1 N–H and O–H groups in total. The molecule has 3 aromatic rings. The van der Waals surface area contributed by atoms with Crippen LogP contribution in [0.1, 0.15) is 31.3 Å². The number of hydrogen-bond donors (Lipinski definition) is 1. The molecule has 2 aromatic carbocycles. The van der Waals surface area contributed by atoms with Crippen molar-refractivity contribution in [3.05, 3.63) is 59.9 Å². The zero-order valence-electron chi connectivity index (χ0n) is 20.0. The van der Waals surface area contributed by atoms with Gasteiger partial charge in [-0.15, -0.1) is 5.10 Å². The quantitative estimate of drug-likeness (QED) is 0.507. The van der Waals surface area contributed by atoms with Crippen LogP contribution in [0.15, 0.2) is 53.4 Å². The average Bonchev–Trinajstić information content (AvgIpc) is 3.27. The number of hydrogen-bond acceptors (Lipinski definition) is 8. The molecule has 2 heterocycles. The van der Waals surface area contributed by atoms with Gasteiger partial charge in [-0.25, -0.2) is 13.1 Å². The maximum Gasteiger partial charge on any atom is 0.322 e. The molecule has 1 aromatic heterocycles. The van der Waals surface area contributed by atoms with Crippen molar-refractivity contribution >= 4 is 15.7 Å². The molecule has 1 aliphatic rings. The van der Waals surface area contributed by atoms with Crippen LogP contribution in [0.5, 0.6) is 11.8 Å². The van der Waals surface area contributed by atoms with Crippen LogP contribution < -0.4 is 14.4 Å². The molecule has 184 valence electrons. The second-order valence-corrected chi connectivity index (χ2v) is 10.2. The molecular weight excluding hydrogens is 466 g/mol. The van der Waals surface area contributed by atoms with Crippen LogP contribution >= 0.6 is 0 Å². The summed E-state index contributed by atoms with van der Waals surface area (Å²) in [7, 11) is -1.70. The standard InChI is InChI=1S/C24H29N7O3S/c1-4-31-23(18(2)28-35(32,33)22-10-8-19(17-25)9-11-22)26-27-24(31)34-21-7-5-6-20(16-21)30-14-12-29(3)13-15-30/h5-11,16,18,28H,4,12-15H2,1-3H3/t18-/m1/s1. The van der Waals surface area contributed by atoms with Gasteiger partial charge in [0.2, 0.25) is 10.0 Å². The summed E-state index contributed by atoms with van der Waals surface area (Å²) in [5, 5.41) is 17.3. The lowest BCUT2D eigenvalue weighted by Gasteiger charge is -2.34. The van der Waals surface area contributed by atoms with E-state index in [1.807, 2.05) is 31.2 Å². The number of nitriles is 1.